The third kappa shape index (κ3) is 9.87. The number of halogens is 7. The SMILES string of the molecule is CN(C)C(On1nnc2cccnc21)=[N+](C)C.Cl.F[P-](F)(F)(F)(F)F. The van der Waals surface area contributed by atoms with Gasteiger partial charge >= 0.3 is 39.0 Å². The van der Waals surface area contributed by atoms with Crippen LogP contribution in [0.3, 0.4) is 0 Å². The van der Waals surface area contributed by atoms with Crippen molar-refractivity contribution in [2.24, 2.45) is 0 Å². The van der Waals surface area contributed by atoms with Gasteiger partial charge < -0.3 is 0 Å². The molecule has 0 radical (unpaired) electrons. The summed E-state index contributed by atoms with van der Waals surface area (Å²) in [6, 6.07) is 4.28. The zero-order valence-corrected chi connectivity index (χ0v) is 15.2. The quantitative estimate of drug-likeness (QED) is 0.235. The standard InChI is InChI=1S/C10H15N6O.ClH.F6P/c1-14(2)10(15(3)4)17-16-9-8(12-13-16)6-5-7-11-9;;1-7(2,3,4,5)6/h5-7H,1-4H3;1H;/q+1;;-1. The number of pyridine rings is 1. The molecule has 0 fully saturated rings. The average molecular weight is 417 g/mol. The molecule has 0 N–H and O–H groups in total. The van der Waals surface area contributed by atoms with Crippen LogP contribution in [0.15, 0.2) is 18.3 Å². The van der Waals surface area contributed by atoms with Crippen LogP contribution in [-0.4, -0.2) is 63.8 Å². The van der Waals surface area contributed by atoms with Crippen LogP contribution in [0.1, 0.15) is 0 Å². The first-order valence-corrected chi connectivity index (χ1v) is 8.20. The topological polar surface area (TPSA) is 59.1 Å². The summed E-state index contributed by atoms with van der Waals surface area (Å²) in [5.74, 6) is 0. The van der Waals surface area contributed by atoms with E-state index >= 15 is 0 Å². The first-order valence-electron chi connectivity index (χ1n) is 6.17. The van der Waals surface area contributed by atoms with Gasteiger partial charge in [-0.15, -0.1) is 17.5 Å². The van der Waals surface area contributed by atoms with Crippen LogP contribution in [0.4, 0.5) is 25.2 Å². The third-order valence-electron chi connectivity index (χ3n) is 2.11. The predicted molar refractivity (Wildman–Crippen MR) is 83.5 cm³/mol. The number of hydrogen-bond donors (Lipinski definition) is 0. The van der Waals surface area contributed by atoms with Crippen molar-refractivity contribution in [1.29, 1.82) is 0 Å². The van der Waals surface area contributed by atoms with Gasteiger partial charge in [-0.05, 0) is 22.2 Å². The van der Waals surface area contributed by atoms with Crippen molar-refractivity contribution >= 4 is 37.4 Å². The second-order valence-electron chi connectivity index (χ2n) is 4.93. The third-order valence-corrected chi connectivity index (χ3v) is 2.11. The fraction of sp³-hybridized carbons (Fsp3) is 0.400. The van der Waals surface area contributed by atoms with Gasteiger partial charge in [0.15, 0.2) is 0 Å². The van der Waals surface area contributed by atoms with Gasteiger partial charge in [0, 0.05) is 6.20 Å². The van der Waals surface area contributed by atoms with E-state index in [0.29, 0.717) is 17.2 Å². The predicted octanol–water partition coefficient (Wildman–Crippen LogP) is 3.25. The van der Waals surface area contributed by atoms with E-state index in [-0.39, 0.29) is 12.4 Å². The van der Waals surface area contributed by atoms with E-state index in [9.17, 15) is 25.2 Å². The molecule has 0 saturated carbocycles. The molecule has 2 aromatic heterocycles. The first-order chi connectivity index (χ1) is 10.5. The fourth-order valence-electron chi connectivity index (χ4n) is 1.45. The summed E-state index contributed by atoms with van der Waals surface area (Å²) < 4.78 is 61.0. The summed E-state index contributed by atoms with van der Waals surface area (Å²) in [4.78, 5) is 13.0. The van der Waals surface area contributed by atoms with Crippen molar-refractivity contribution in [1.82, 2.24) is 25.0 Å². The van der Waals surface area contributed by atoms with Crippen molar-refractivity contribution in [3.8, 4) is 0 Å². The molecule has 7 nitrogen and oxygen atoms in total. The molecule has 25 heavy (non-hydrogen) atoms. The van der Waals surface area contributed by atoms with Gasteiger partial charge in [0.25, 0.3) is 0 Å². The Labute approximate surface area is 144 Å². The number of fused-ring (bicyclic) bond motifs is 1. The summed E-state index contributed by atoms with van der Waals surface area (Å²) in [7, 11) is -3.09. The molecular weight excluding hydrogens is 401 g/mol. The molecular formula is C10H16ClF6N6OP. The van der Waals surface area contributed by atoms with Crippen LogP contribution in [0.2, 0.25) is 0 Å². The molecule has 0 bridgehead atoms. The van der Waals surface area contributed by atoms with Gasteiger partial charge in [0.2, 0.25) is 5.65 Å². The Balaban J connectivity index is 0.000000620. The van der Waals surface area contributed by atoms with Gasteiger partial charge in [-0.1, -0.05) is 0 Å². The number of aromatic nitrogens is 4. The van der Waals surface area contributed by atoms with Gasteiger partial charge in [-0.3, -0.25) is 4.84 Å². The van der Waals surface area contributed by atoms with Crippen molar-refractivity contribution < 1.29 is 34.6 Å². The van der Waals surface area contributed by atoms with Gasteiger partial charge in [-0.2, -0.15) is 0 Å². The van der Waals surface area contributed by atoms with Crippen molar-refractivity contribution in [2.45, 2.75) is 0 Å². The minimum atomic E-state index is -10.7. The molecule has 2 aromatic rings. The van der Waals surface area contributed by atoms with Crippen LogP contribution >= 0.6 is 20.2 Å². The normalized spacial score (nSPS) is 13.5. The Morgan fingerprint density at radius 3 is 2.12 bits per heavy atom. The maximum atomic E-state index is 9.87. The zero-order valence-electron chi connectivity index (χ0n) is 13.4. The van der Waals surface area contributed by atoms with Gasteiger partial charge in [0.05, 0.1) is 28.2 Å². The van der Waals surface area contributed by atoms with E-state index in [0.717, 1.165) is 0 Å². The Morgan fingerprint density at radius 2 is 1.68 bits per heavy atom. The number of hydrogen-bond acceptors (Lipinski definition) is 4. The Kier molecular flexibility index (Phi) is 6.28. The Hall–Kier alpha value is -1.88. The average Bonchev–Trinajstić information content (AvgIpc) is 2.74. The van der Waals surface area contributed by atoms with E-state index < -0.39 is 7.81 Å². The van der Waals surface area contributed by atoms with Crippen LogP contribution < -0.4 is 4.84 Å². The summed E-state index contributed by atoms with van der Waals surface area (Å²) in [6.45, 7) is 0. The second-order valence-corrected chi connectivity index (χ2v) is 6.85. The van der Waals surface area contributed by atoms with Crippen LogP contribution in [0, 0.1) is 0 Å². The Morgan fingerprint density at radius 1 is 1.16 bits per heavy atom. The second kappa shape index (κ2) is 6.79. The molecule has 0 aliphatic heterocycles. The summed E-state index contributed by atoms with van der Waals surface area (Å²) >= 11 is 0. The van der Waals surface area contributed by atoms with E-state index in [2.05, 4.69) is 15.3 Å². The van der Waals surface area contributed by atoms with Crippen molar-refractivity contribution in [3.63, 3.8) is 0 Å². The van der Waals surface area contributed by atoms with Gasteiger partial charge in [-0.25, -0.2) is 14.5 Å². The maximum absolute atomic E-state index is 10.7. The number of amidine groups is 1. The number of rotatable bonds is 1. The van der Waals surface area contributed by atoms with E-state index in [1.54, 1.807) is 6.20 Å². The van der Waals surface area contributed by atoms with E-state index in [1.807, 2.05) is 49.8 Å². The van der Waals surface area contributed by atoms with Gasteiger partial charge in [0.1, 0.15) is 5.52 Å². The van der Waals surface area contributed by atoms with E-state index in [1.165, 1.54) is 4.85 Å². The molecule has 15 heteroatoms. The molecule has 2 heterocycles. The molecule has 0 saturated heterocycles. The fourth-order valence-corrected chi connectivity index (χ4v) is 1.45. The molecule has 0 aliphatic rings. The number of nitrogens with zero attached hydrogens (tertiary/aromatic N) is 6. The zero-order chi connectivity index (χ0) is 18.8. The minimum absolute atomic E-state index is 0. The van der Waals surface area contributed by atoms with Crippen LogP contribution in [0.25, 0.3) is 11.2 Å². The molecule has 0 atom stereocenters. The molecule has 0 amide bonds. The van der Waals surface area contributed by atoms with Crippen molar-refractivity contribution in [3.05, 3.63) is 18.3 Å². The molecule has 0 aliphatic carbocycles. The molecule has 0 unspecified atom stereocenters. The first kappa shape index (κ1) is 23.1. The monoisotopic (exact) mass is 416 g/mol. The molecule has 0 aromatic carbocycles. The summed E-state index contributed by atoms with van der Waals surface area (Å²) in [5.41, 5.74) is 1.29. The summed E-state index contributed by atoms with van der Waals surface area (Å²) in [5, 5.41) is 7.87. The molecule has 2 rings (SSSR count). The Bertz CT molecular complexity index is 746. The summed E-state index contributed by atoms with van der Waals surface area (Å²) in [6.07, 6.45) is 1.68. The molecule has 146 valence electrons. The van der Waals surface area contributed by atoms with E-state index in [4.69, 9.17) is 4.84 Å². The van der Waals surface area contributed by atoms with Crippen LogP contribution in [-0.2, 0) is 0 Å². The van der Waals surface area contributed by atoms with Crippen LogP contribution in [0.5, 0.6) is 0 Å². The van der Waals surface area contributed by atoms with Crippen molar-refractivity contribution in [2.75, 3.05) is 28.2 Å². The molecule has 0 spiro atoms.